The van der Waals surface area contributed by atoms with Gasteiger partial charge in [0.25, 0.3) is 5.91 Å². The molecule has 0 bridgehead atoms. The second-order valence-corrected chi connectivity index (χ2v) is 4.87. The van der Waals surface area contributed by atoms with Crippen LogP contribution in [0.3, 0.4) is 0 Å². The van der Waals surface area contributed by atoms with Gasteiger partial charge in [0.1, 0.15) is 6.61 Å². The fourth-order valence-electron chi connectivity index (χ4n) is 1.99. The van der Waals surface area contributed by atoms with Crippen molar-refractivity contribution in [2.45, 2.75) is 32.8 Å². The van der Waals surface area contributed by atoms with Gasteiger partial charge in [-0.15, -0.1) is 0 Å². The topological polar surface area (TPSA) is 29.5 Å². The number of benzene rings is 1. The number of ether oxygens (including phenoxy) is 1. The molecule has 1 aromatic rings. The van der Waals surface area contributed by atoms with Crippen molar-refractivity contribution in [2.75, 3.05) is 18.1 Å². The zero-order valence-corrected chi connectivity index (χ0v) is 10.6. The fourth-order valence-corrected chi connectivity index (χ4v) is 1.99. The van der Waals surface area contributed by atoms with E-state index in [4.69, 9.17) is 4.74 Å². The first-order valence-electron chi connectivity index (χ1n) is 6.10. The summed E-state index contributed by atoms with van der Waals surface area (Å²) in [5.41, 5.74) is 2.26. The first-order chi connectivity index (χ1) is 8.08. The zero-order chi connectivity index (χ0) is 12.4. The lowest BCUT2D eigenvalue weighted by atomic mass is 10.0. The number of rotatable bonds is 2. The Kier molecular flexibility index (Phi) is 3.48. The van der Waals surface area contributed by atoms with Crippen LogP contribution >= 0.6 is 0 Å². The van der Waals surface area contributed by atoms with Gasteiger partial charge in [-0.2, -0.15) is 0 Å². The van der Waals surface area contributed by atoms with Crippen molar-refractivity contribution in [2.24, 2.45) is 0 Å². The average molecular weight is 233 g/mol. The van der Waals surface area contributed by atoms with Crippen molar-refractivity contribution in [3.63, 3.8) is 0 Å². The smallest absolute Gasteiger partial charge is 0.253 e. The van der Waals surface area contributed by atoms with Crippen molar-refractivity contribution < 1.29 is 9.53 Å². The number of anilines is 1. The molecule has 0 saturated carbocycles. The summed E-state index contributed by atoms with van der Waals surface area (Å²) in [5, 5.41) is 0. The third-order valence-electron chi connectivity index (χ3n) is 3.10. The number of hydrogen-bond donors (Lipinski definition) is 0. The molecule has 1 atom stereocenters. The van der Waals surface area contributed by atoms with E-state index in [-0.39, 0.29) is 18.6 Å². The highest BCUT2D eigenvalue weighted by atomic mass is 16.5. The molecule has 1 unspecified atom stereocenters. The molecule has 0 spiro atoms. The van der Waals surface area contributed by atoms with E-state index in [1.165, 1.54) is 5.56 Å². The Morgan fingerprint density at radius 2 is 1.94 bits per heavy atom. The molecule has 3 nitrogen and oxygen atoms in total. The molecule has 1 fully saturated rings. The highest BCUT2D eigenvalue weighted by Gasteiger charge is 2.24. The van der Waals surface area contributed by atoms with Gasteiger partial charge < -0.3 is 9.64 Å². The molecule has 1 saturated heterocycles. The van der Waals surface area contributed by atoms with E-state index in [0.717, 1.165) is 5.69 Å². The van der Waals surface area contributed by atoms with Crippen LogP contribution in [-0.2, 0) is 9.53 Å². The SMILES string of the molecule is CC1CN(c2ccc(C(C)C)cc2)C(=O)CO1. The van der Waals surface area contributed by atoms with Gasteiger partial charge in [0, 0.05) is 5.69 Å². The molecule has 0 aromatic heterocycles. The van der Waals surface area contributed by atoms with Gasteiger partial charge in [-0.3, -0.25) is 4.79 Å². The maximum Gasteiger partial charge on any atom is 0.253 e. The highest BCUT2D eigenvalue weighted by Crippen LogP contribution is 2.22. The Morgan fingerprint density at radius 1 is 1.29 bits per heavy atom. The molecule has 1 aliphatic rings. The summed E-state index contributed by atoms with van der Waals surface area (Å²) in [5.74, 6) is 0.559. The van der Waals surface area contributed by atoms with Crippen LogP contribution in [0.5, 0.6) is 0 Å². The third kappa shape index (κ3) is 2.67. The molecule has 3 heteroatoms. The standard InChI is InChI=1S/C14H19NO2/c1-10(2)12-4-6-13(7-5-12)15-8-11(3)17-9-14(15)16/h4-7,10-11H,8-9H2,1-3H3. The van der Waals surface area contributed by atoms with E-state index >= 15 is 0 Å². The minimum absolute atomic E-state index is 0.0420. The van der Waals surface area contributed by atoms with E-state index in [1.54, 1.807) is 4.90 Å². The molecule has 0 N–H and O–H groups in total. The van der Waals surface area contributed by atoms with Gasteiger partial charge in [0.2, 0.25) is 0 Å². The lowest BCUT2D eigenvalue weighted by Gasteiger charge is -2.31. The van der Waals surface area contributed by atoms with Crippen LogP contribution in [0.4, 0.5) is 5.69 Å². The summed E-state index contributed by atoms with van der Waals surface area (Å²) in [6.45, 7) is 7.14. The summed E-state index contributed by atoms with van der Waals surface area (Å²) in [6, 6.07) is 8.22. The Bertz CT molecular complexity index is 397. The first kappa shape index (κ1) is 12.1. The van der Waals surface area contributed by atoms with E-state index in [1.807, 2.05) is 19.1 Å². The Morgan fingerprint density at radius 3 is 2.53 bits per heavy atom. The van der Waals surface area contributed by atoms with E-state index in [2.05, 4.69) is 26.0 Å². The number of hydrogen-bond acceptors (Lipinski definition) is 2. The largest absolute Gasteiger partial charge is 0.367 e. The molecule has 1 heterocycles. The number of carbonyl (C=O) groups is 1. The number of morpholine rings is 1. The molecule has 1 aromatic carbocycles. The summed E-state index contributed by atoms with van der Waals surface area (Å²) < 4.78 is 5.31. The molecular weight excluding hydrogens is 214 g/mol. The van der Waals surface area contributed by atoms with Gasteiger partial charge in [0.15, 0.2) is 0 Å². The van der Waals surface area contributed by atoms with Crippen molar-refractivity contribution in [3.05, 3.63) is 29.8 Å². The first-order valence-corrected chi connectivity index (χ1v) is 6.10. The molecule has 17 heavy (non-hydrogen) atoms. The highest BCUT2D eigenvalue weighted by molar-refractivity contribution is 5.94. The normalized spacial score (nSPS) is 21.1. The second kappa shape index (κ2) is 4.88. The van der Waals surface area contributed by atoms with Gasteiger partial charge in [-0.05, 0) is 30.5 Å². The van der Waals surface area contributed by atoms with Crippen molar-refractivity contribution >= 4 is 11.6 Å². The van der Waals surface area contributed by atoms with Crippen LogP contribution in [0.15, 0.2) is 24.3 Å². The molecule has 92 valence electrons. The minimum Gasteiger partial charge on any atom is -0.367 e. The van der Waals surface area contributed by atoms with E-state index in [9.17, 15) is 4.79 Å². The molecule has 0 radical (unpaired) electrons. The number of carbonyl (C=O) groups excluding carboxylic acids is 1. The third-order valence-corrected chi connectivity index (χ3v) is 3.10. The van der Waals surface area contributed by atoms with Crippen molar-refractivity contribution in [1.29, 1.82) is 0 Å². The van der Waals surface area contributed by atoms with Crippen molar-refractivity contribution in [3.8, 4) is 0 Å². The summed E-state index contributed by atoms with van der Waals surface area (Å²) in [7, 11) is 0. The van der Waals surface area contributed by atoms with Gasteiger partial charge in [-0.1, -0.05) is 26.0 Å². The summed E-state index contributed by atoms with van der Waals surface area (Å²) >= 11 is 0. The lowest BCUT2D eigenvalue weighted by molar-refractivity contribution is -0.128. The Balaban J connectivity index is 2.18. The molecular formula is C14H19NO2. The Labute approximate surface area is 102 Å². The van der Waals surface area contributed by atoms with Crippen LogP contribution in [0.2, 0.25) is 0 Å². The molecule has 2 rings (SSSR count). The van der Waals surface area contributed by atoms with Gasteiger partial charge in [0.05, 0.1) is 12.6 Å². The minimum atomic E-state index is 0.0420. The second-order valence-electron chi connectivity index (χ2n) is 4.87. The summed E-state index contributed by atoms with van der Waals surface area (Å²) in [6.07, 6.45) is 0.109. The quantitative estimate of drug-likeness (QED) is 0.785. The van der Waals surface area contributed by atoms with Crippen LogP contribution in [-0.4, -0.2) is 25.2 Å². The molecule has 1 amide bonds. The lowest BCUT2D eigenvalue weighted by Crippen LogP contribution is -2.45. The predicted octanol–water partition coefficient (Wildman–Crippen LogP) is 2.56. The van der Waals surface area contributed by atoms with Crippen LogP contribution in [0, 0.1) is 0 Å². The zero-order valence-electron chi connectivity index (χ0n) is 10.6. The molecule has 0 aliphatic carbocycles. The predicted molar refractivity (Wildman–Crippen MR) is 68.3 cm³/mol. The number of nitrogens with zero attached hydrogens (tertiary/aromatic N) is 1. The Hall–Kier alpha value is -1.35. The monoisotopic (exact) mass is 233 g/mol. The van der Waals surface area contributed by atoms with Crippen LogP contribution in [0.1, 0.15) is 32.3 Å². The fraction of sp³-hybridized carbons (Fsp3) is 0.500. The van der Waals surface area contributed by atoms with E-state index < -0.39 is 0 Å². The van der Waals surface area contributed by atoms with Crippen LogP contribution in [0.25, 0.3) is 0 Å². The van der Waals surface area contributed by atoms with Crippen molar-refractivity contribution in [1.82, 2.24) is 0 Å². The number of amides is 1. The van der Waals surface area contributed by atoms with E-state index in [0.29, 0.717) is 12.5 Å². The maximum absolute atomic E-state index is 11.8. The summed E-state index contributed by atoms with van der Waals surface area (Å²) in [4.78, 5) is 13.6. The van der Waals surface area contributed by atoms with Gasteiger partial charge >= 0.3 is 0 Å². The maximum atomic E-state index is 11.8. The molecule has 1 aliphatic heterocycles. The average Bonchev–Trinajstić information content (AvgIpc) is 2.32. The van der Waals surface area contributed by atoms with Crippen LogP contribution < -0.4 is 4.90 Å². The van der Waals surface area contributed by atoms with Gasteiger partial charge in [-0.25, -0.2) is 0 Å².